The van der Waals surface area contributed by atoms with Crippen LogP contribution in [-0.4, -0.2) is 11.3 Å². The minimum Gasteiger partial charge on any atom is -0.488 e. The molecule has 0 saturated carbocycles. The molecule has 0 fully saturated rings. The summed E-state index contributed by atoms with van der Waals surface area (Å²) in [5.74, 6) is 0.0981. The molecule has 0 radical (unpaired) electrons. The van der Waals surface area contributed by atoms with Crippen LogP contribution in [0.25, 0.3) is 0 Å². The van der Waals surface area contributed by atoms with Crippen LogP contribution in [0.1, 0.15) is 11.1 Å². The maximum absolute atomic E-state index is 13.8. The summed E-state index contributed by atoms with van der Waals surface area (Å²) in [5, 5.41) is 4.26. The van der Waals surface area contributed by atoms with E-state index in [1.165, 1.54) is 12.3 Å². The van der Waals surface area contributed by atoms with E-state index in [1.807, 2.05) is 0 Å². The molecule has 0 aliphatic rings. The largest absolute Gasteiger partial charge is 0.488 e. The standard InChI is InChI=1S/C15H12BrClFN3OS/c16-10-4-5-14(9(6-10)7-20-21-15(19)23)22-8-11-12(17)2-1-3-13(11)18/h1-7H,8H2,(H3,19,21,23). The van der Waals surface area contributed by atoms with E-state index in [0.29, 0.717) is 21.9 Å². The number of thiocarbonyl (C=S) groups is 1. The molecule has 0 amide bonds. The number of hydrogen-bond donors (Lipinski definition) is 2. The lowest BCUT2D eigenvalue weighted by molar-refractivity contribution is 0.299. The zero-order valence-electron chi connectivity index (χ0n) is 11.7. The van der Waals surface area contributed by atoms with E-state index in [1.54, 1.807) is 30.3 Å². The predicted molar refractivity (Wildman–Crippen MR) is 97.4 cm³/mol. The predicted octanol–water partition coefficient (Wildman–Crippen LogP) is 3.99. The molecule has 0 atom stereocenters. The van der Waals surface area contributed by atoms with Gasteiger partial charge in [0.2, 0.25) is 0 Å². The fourth-order valence-electron chi connectivity index (χ4n) is 1.74. The number of nitrogens with one attached hydrogen (secondary N) is 1. The summed E-state index contributed by atoms with van der Waals surface area (Å²) in [6.45, 7) is -0.00327. The molecule has 3 N–H and O–H groups in total. The van der Waals surface area contributed by atoms with Gasteiger partial charge in [0.1, 0.15) is 18.2 Å². The molecule has 0 unspecified atom stereocenters. The molecular weight excluding hydrogens is 405 g/mol. The van der Waals surface area contributed by atoms with E-state index in [4.69, 9.17) is 22.1 Å². The number of ether oxygens (including phenoxy) is 1. The number of nitrogens with two attached hydrogens (primary N) is 1. The molecule has 0 heterocycles. The van der Waals surface area contributed by atoms with Gasteiger partial charge in [0.05, 0.1) is 11.2 Å². The lowest BCUT2D eigenvalue weighted by atomic mass is 10.2. The average molecular weight is 417 g/mol. The normalized spacial score (nSPS) is 10.7. The summed E-state index contributed by atoms with van der Waals surface area (Å²) in [6, 6.07) is 9.82. The van der Waals surface area contributed by atoms with Crippen molar-refractivity contribution in [2.75, 3.05) is 0 Å². The first-order valence-electron chi connectivity index (χ1n) is 6.41. The van der Waals surface area contributed by atoms with Gasteiger partial charge in [-0.25, -0.2) is 4.39 Å². The van der Waals surface area contributed by atoms with E-state index >= 15 is 0 Å². The van der Waals surface area contributed by atoms with E-state index in [9.17, 15) is 4.39 Å². The monoisotopic (exact) mass is 415 g/mol. The molecule has 0 saturated heterocycles. The Labute approximate surface area is 151 Å². The Bertz CT molecular complexity index is 737. The zero-order chi connectivity index (χ0) is 16.8. The molecule has 0 aliphatic carbocycles. The van der Waals surface area contributed by atoms with Crippen molar-refractivity contribution in [1.29, 1.82) is 0 Å². The summed E-state index contributed by atoms with van der Waals surface area (Å²) >= 11 is 14.0. The molecule has 8 heteroatoms. The van der Waals surface area contributed by atoms with Crippen LogP contribution >= 0.6 is 39.7 Å². The van der Waals surface area contributed by atoms with Crippen LogP contribution in [0.15, 0.2) is 46.0 Å². The Morgan fingerprint density at radius 2 is 2.22 bits per heavy atom. The van der Waals surface area contributed by atoms with E-state index < -0.39 is 5.82 Å². The Morgan fingerprint density at radius 3 is 2.91 bits per heavy atom. The van der Waals surface area contributed by atoms with Gasteiger partial charge in [-0.05, 0) is 42.5 Å². The first-order valence-corrected chi connectivity index (χ1v) is 7.99. The Balaban J connectivity index is 2.19. The van der Waals surface area contributed by atoms with Crippen LogP contribution in [-0.2, 0) is 6.61 Å². The molecule has 2 aromatic rings. The lowest BCUT2D eigenvalue weighted by Crippen LogP contribution is -2.24. The van der Waals surface area contributed by atoms with Crippen molar-refractivity contribution in [1.82, 2.24) is 5.43 Å². The van der Waals surface area contributed by atoms with Crippen molar-refractivity contribution in [3.8, 4) is 5.75 Å². The molecule has 23 heavy (non-hydrogen) atoms. The van der Waals surface area contributed by atoms with E-state index in [0.717, 1.165) is 4.47 Å². The first kappa shape index (κ1) is 17.7. The molecule has 2 aromatic carbocycles. The van der Waals surface area contributed by atoms with Crippen LogP contribution in [0, 0.1) is 5.82 Å². The highest BCUT2D eigenvalue weighted by Crippen LogP contribution is 2.25. The molecular formula is C15H12BrClFN3OS. The van der Waals surface area contributed by atoms with Crippen LogP contribution in [0.3, 0.4) is 0 Å². The molecule has 0 aliphatic heterocycles. The minimum absolute atomic E-state index is 0.00327. The summed E-state index contributed by atoms with van der Waals surface area (Å²) in [4.78, 5) is 0. The van der Waals surface area contributed by atoms with Crippen LogP contribution in [0.4, 0.5) is 4.39 Å². The van der Waals surface area contributed by atoms with Crippen molar-refractivity contribution in [3.05, 3.63) is 62.8 Å². The van der Waals surface area contributed by atoms with E-state index in [2.05, 4.69) is 38.7 Å². The summed E-state index contributed by atoms with van der Waals surface area (Å²) in [7, 11) is 0. The van der Waals surface area contributed by atoms with E-state index in [-0.39, 0.29) is 11.7 Å². The highest BCUT2D eigenvalue weighted by atomic mass is 79.9. The third-order valence-corrected chi connectivity index (χ3v) is 3.72. The molecule has 0 bridgehead atoms. The maximum Gasteiger partial charge on any atom is 0.184 e. The van der Waals surface area contributed by atoms with Gasteiger partial charge >= 0.3 is 0 Å². The molecule has 0 spiro atoms. The fraction of sp³-hybridized carbons (Fsp3) is 0.0667. The molecule has 4 nitrogen and oxygen atoms in total. The smallest absolute Gasteiger partial charge is 0.184 e. The van der Waals surface area contributed by atoms with Gasteiger partial charge in [-0.1, -0.05) is 33.6 Å². The topological polar surface area (TPSA) is 59.6 Å². The zero-order valence-corrected chi connectivity index (χ0v) is 14.9. The Hall–Kier alpha value is -1.70. The van der Waals surface area contributed by atoms with Gasteiger partial charge in [0, 0.05) is 15.6 Å². The van der Waals surface area contributed by atoms with Gasteiger partial charge in [0.15, 0.2) is 5.11 Å². The van der Waals surface area contributed by atoms with Gasteiger partial charge in [-0.15, -0.1) is 0 Å². The Kier molecular flexibility index (Phi) is 6.32. The van der Waals surface area contributed by atoms with Crippen LogP contribution < -0.4 is 15.9 Å². The van der Waals surface area contributed by atoms with Crippen molar-refractivity contribution >= 4 is 51.1 Å². The maximum atomic E-state index is 13.8. The first-order chi connectivity index (χ1) is 11.0. The molecule has 120 valence electrons. The number of hydrogen-bond acceptors (Lipinski definition) is 3. The third-order valence-electron chi connectivity index (χ3n) is 2.78. The molecule has 2 rings (SSSR count). The SMILES string of the molecule is NC(=S)NN=Cc1cc(Br)ccc1OCc1c(F)cccc1Cl. The van der Waals surface area contributed by atoms with Gasteiger partial charge in [-0.2, -0.15) is 5.10 Å². The lowest BCUT2D eigenvalue weighted by Gasteiger charge is -2.11. The van der Waals surface area contributed by atoms with Crippen LogP contribution in [0.2, 0.25) is 5.02 Å². The highest BCUT2D eigenvalue weighted by molar-refractivity contribution is 9.10. The number of halogens is 3. The summed E-state index contributed by atoms with van der Waals surface area (Å²) in [6.07, 6.45) is 1.50. The number of hydrazone groups is 1. The highest BCUT2D eigenvalue weighted by Gasteiger charge is 2.09. The van der Waals surface area contributed by atoms with Crippen molar-refractivity contribution in [2.24, 2.45) is 10.8 Å². The summed E-state index contributed by atoms with van der Waals surface area (Å²) in [5.41, 5.74) is 8.72. The Morgan fingerprint density at radius 1 is 1.43 bits per heavy atom. The van der Waals surface area contributed by atoms with Crippen LogP contribution in [0.5, 0.6) is 5.75 Å². The third kappa shape index (κ3) is 5.16. The minimum atomic E-state index is -0.417. The van der Waals surface area contributed by atoms with Crippen molar-refractivity contribution < 1.29 is 9.13 Å². The second kappa shape index (κ2) is 8.24. The van der Waals surface area contributed by atoms with Gasteiger partial charge in [0.25, 0.3) is 0 Å². The van der Waals surface area contributed by atoms with Crippen molar-refractivity contribution in [2.45, 2.75) is 6.61 Å². The van der Waals surface area contributed by atoms with Gasteiger partial charge in [-0.3, -0.25) is 5.43 Å². The van der Waals surface area contributed by atoms with Gasteiger partial charge < -0.3 is 10.5 Å². The average Bonchev–Trinajstić information content (AvgIpc) is 2.48. The number of benzene rings is 2. The second-order valence-electron chi connectivity index (χ2n) is 4.41. The number of nitrogens with zero attached hydrogens (tertiary/aromatic N) is 1. The van der Waals surface area contributed by atoms with Crippen molar-refractivity contribution in [3.63, 3.8) is 0 Å². The fourth-order valence-corrected chi connectivity index (χ4v) is 2.39. The quantitative estimate of drug-likeness (QED) is 0.440. The number of rotatable bonds is 5. The molecule has 0 aromatic heterocycles. The summed E-state index contributed by atoms with van der Waals surface area (Å²) < 4.78 is 20.3. The second-order valence-corrected chi connectivity index (χ2v) is 6.17.